The average molecular weight is 269 g/mol. The predicted molar refractivity (Wildman–Crippen MR) is 63.8 cm³/mol. The van der Waals surface area contributed by atoms with Gasteiger partial charge in [0.15, 0.2) is 0 Å². The van der Waals surface area contributed by atoms with Gasteiger partial charge in [-0.3, -0.25) is 0 Å². The van der Waals surface area contributed by atoms with Crippen LogP contribution in [0.15, 0.2) is 52.0 Å². The van der Waals surface area contributed by atoms with Gasteiger partial charge in [-0.05, 0) is 31.2 Å². The zero-order valence-corrected chi connectivity index (χ0v) is 10.4. The number of hydrogen-bond donors (Lipinski definition) is 1. The molecular weight excluding hydrogens is 257 g/mol. The van der Waals surface area contributed by atoms with Crippen molar-refractivity contribution >= 4 is 10.0 Å². The van der Waals surface area contributed by atoms with Crippen molar-refractivity contribution in [1.29, 1.82) is 0 Å². The van der Waals surface area contributed by atoms with Crippen LogP contribution in [0.25, 0.3) is 0 Å². The Labute approximate surface area is 104 Å². The molecule has 1 N–H and O–H groups in total. The SMILES string of the molecule is C[C@H](NS(=O)(=O)c1ccccc1F)c1ccco1. The van der Waals surface area contributed by atoms with E-state index >= 15 is 0 Å². The van der Waals surface area contributed by atoms with Gasteiger partial charge >= 0.3 is 0 Å². The smallest absolute Gasteiger partial charge is 0.244 e. The first kappa shape index (κ1) is 12.8. The number of sulfonamides is 1. The Balaban J connectivity index is 2.26. The summed E-state index contributed by atoms with van der Waals surface area (Å²) < 4.78 is 44.8. The molecule has 96 valence electrons. The molecular formula is C12H12FNO3S. The van der Waals surface area contributed by atoms with Crippen molar-refractivity contribution < 1.29 is 17.2 Å². The first-order valence-electron chi connectivity index (χ1n) is 5.31. The van der Waals surface area contributed by atoms with Gasteiger partial charge in [-0.15, -0.1) is 0 Å². The van der Waals surface area contributed by atoms with Crippen molar-refractivity contribution in [2.24, 2.45) is 0 Å². The lowest BCUT2D eigenvalue weighted by molar-refractivity contribution is 0.458. The van der Waals surface area contributed by atoms with Gasteiger partial charge in [0.2, 0.25) is 10.0 Å². The van der Waals surface area contributed by atoms with E-state index in [1.807, 2.05) is 0 Å². The molecule has 1 aromatic heterocycles. The third kappa shape index (κ3) is 2.60. The first-order valence-corrected chi connectivity index (χ1v) is 6.79. The maximum absolute atomic E-state index is 13.4. The maximum atomic E-state index is 13.4. The van der Waals surface area contributed by atoms with Crippen LogP contribution in [0.5, 0.6) is 0 Å². The van der Waals surface area contributed by atoms with E-state index in [1.54, 1.807) is 19.1 Å². The Bertz CT molecular complexity index is 623. The first-order chi connectivity index (χ1) is 8.50. The minimum Gasteiger partial charge on any atom is -0.468 e. The van der Waals surface area contributed by atoms with Gasteiger partial charge in [-0.1, -0.05) is 12.1 Å². The Morgan fingerprint density at radius 3 is 2.56 bits per heavy atom. The fourth-order valence-corrected chi connectivity index (χ4v) is 2.85. The second-order valence-corrected chi connectivity index (χ2v) is 5.47. The van der Waals surface area contributed by atoms with E-state index in [0.29, 0.717) is 5.76 Å². The third-order valence-corrected chi connectivity index (χ3v) is 4.00. The third-order valence-electron chi connectivity index (χ3n) is 2.43. The Kier molecular flexibility index (Phi) is 3.49. The summed E-state index contributed by atoms with van der Waals surface area (Å²) in [5.74, 6) is -0.313. The highest BCUT2D eigenvalue weighted by Crippen LogP contribution is 2.18. The lowest BCUT2D eigenvalue weighted by atomic mass is 10.3. The molecule has 0 bridgehead atoms. The van der Waals surface area contributed by atoms with Gasteiger partial charge in [0.25, 0.3) is 0 Å². The second kappa shape index (κ2) is 4.91. The number of benzene rings is 1. The van der Waals surface area contributed by atoms with Crippen LogP contribution >= 0.6 is 0 Å². The molecule has 0 radical (unpaired) electrons. The van der Waals surface area contributed by atoms with Crippen molar-refractivity contribution in [2.45, 2.75) is 17.9 Å². The molecule has 0 fully saturated rings. The van der Waals surface area contributed by atoms with E-state index in [1.165, 1.54) is 24.5 Å². The predicted octanol–water partition coefficient (Wildman–Crippen LogP) is 2.46. The fourth-order valence-electron chi connectivity index (χ4n) is 1.55. The highest BCUT2D eigenvalue weighted by Gasteiger charge is 2.22. The van der Waals surface area contributed by atoms with Crippen LogP contribution in [0.4, 0.5) is 4.39 Å². The number of halogens is 1. The number of furan rings is 1. The van der Waals surface area contributed by atoms with Gasteiger partial charge in [0, 0.05) is 0 Å². The molecule has 0 aliphatic heterocycles. The summed E-state index contributed by atoms with van der Waals surface area (Å²) in [5, 5.41) is 0. The Hall–Kier alpha value is -1.66. The molecule has 2 rings (SSSR count). The molecule has 2 aromatic rings. The molecule has 0 saturated carbocycles. The molecule has 1 aromatic carbocycles. The summed E-state index contributed by atoms with van der Waals surface area (Å²) in [6, 6.07) is 7.96. The van der Waals surface area contributed by atoms with Crippen molar-refractivity contribution in [1.82, 2.24) is 4.72 Å². The minimum atomic E-state index is -3.90. The maximum Gasteiger partial charge on any atom is 0.244 e. The molecule has 6 heteroatoms. The lowest BCUT2D eigenvalue weighted by Crippen LogP contribution is -2.27. The summed E-state index contributed by atoms with van der Waals surface area (Å²) in [4.78, 5) is -0.372. The molecule has 18 heavy (non-hydrogen) atoms. The van der Waals surface area contributed by atoms with Crippen LogP contribution in [-0.4, -0.2) is 8.42 Å². The topological polar surface area (TPSA) is 59.3 Å². The normalized spacial score (nSPS) is 13.4. The summed E-state index contributed by atoms with van der Waals surface area (Å²) >= 11 is 0. The standard InChI is InChI=1S/C12H12FNO3S/c1-9(11-6-4-8-17-11)14-18(15,16)12-7-3-2-5-10(12)13/h2-9,14H,1H3/t9-/m0/s1. The van der Waals surface area contributed by atoms with E-state index in [0.717, 1.165) is 6.07 Å². The zero-order valence-electron chi connectivity index (χ0n) is 9.63. The molecule has 0 amide bonds. The second-order valence-electron chi connectivity index (χ2n) is 3.79. The van der Waals surface area contributed by atoms with Gasteiger partial charge < -0.3 is 4.42 Å². The van der Waals surface area contributed by atoms with Gasteiger partial charge in [-0.2, -0.15) is 0 Å². The van der Waals surface area contributed by atoms with Crippen molar-refractivity contribution in [2.75, 3.05) is 0 Å². The minimum absolute atomic E-state index is 0.372. The fraction of sp³-hybridized carbons (Fsp3) is 0.167. The van der Waals surface area contributed by atoms with Crippen LogP contribution in [-0.2, 0) is 10.0 Å². The molecule has 4 nitrogen and oxygen atoms in total. The van der Waals surface area contributed by atoms with E-state index in [2.05, 4.69) is 4.72 Å². The van der Waals surface area contributed by atoms with Crippen molar-refractivity contribution in [3.63, 3.8) is 0 Å². The molecule has 0 aliphatic carbocycles. The van der Waals surface area contributed by atoms with Crippen LogP contribution in [0.1, 0.15) is 18.7 Å². The molecule has 0 saturated heterocycles. The van der Waals surface area contributed by atoms with Gasteiger partial charge in [0.05, 0.1) is 12.3 Å². The van der Waals surface area contributed by atoms with Crippen LogP contribution in [0.2, 0.25) is 0 Å². The number of nitrogens with one attached hydrogen (secondary N) is 1. The van der Waals surface area contributed by atoms with Gasteiger partial charge in [-0.25, -0.2) is 17.5 Å². The molecule has 0 unspecified atom stereocenters. The molecule has 1 heterocycles. The number of rotatable bonds is 4. The van der Waals surface area contributed by atoms with E-state index in [-0.39, 0.29) is 4.90 Å². The highest BCUT2D eigenvalue weighted by molar-refractivity contribution is 7.89. The molecule has 1 atom stereocenters. The molecule has 0 aliphatic rings. The summed E-state index contributed by atoms with van der Waals surface area (Å²) in [6.45, 7) is 1.62. The molecule has 0 spiro atoms. The van der Waals surface area contributed by atoms with Crippen LogP contribution < -0.4 is 4.72 Å². The quantitative estimate of drug-likeness (QED) is 0.927. The number of hydrogen-bond acceptors (Lipinski definition) is 3. The van der Waals surface area contributed by atoms with Crippen LogP contribution in [0.3, 0.4) is 0 Å². The zero-order chi connectivity index (χ0) is 13.2. The van der Waals surface area contributed by atoms with Gasteiger partial charge in [0.1, 0.15) is 16.5 Å². The summed E-state index contributed by atoms with van der Waals surface area (Å²) in [7, 11) is -3.90. The Morgan fingerprint density at radius 2 is 1.94 bits per heavy atom. The largest absolute Gasteiger partial charge is 0.468 e. The highest BCUT2D eigenvalue weighted by atomic mass is 32.2. The summed E-state index contributed by atoms with van der Waals surface area (Å²) in [6.07, 6.45) is 1.45. The van der Waals surface area contributed by atoms with E-state index in [4.69, 9.17) is 4.42 Å². The van der Waals surface area contributed by atoms with Crippen LogP contribution in [0, 0.1) is 5.82 Å². The lowest BCUT2D eigenvalue weighted by Gasteiger charge is -2.12. The van der Waals surface area contributed by atoms with Crippen molar-refractivity contribution in [3.8, 4) is 0 Å². The van der Waals surface area contributed by atoms with E-state index < -0.39 is 21.9 Å². The summed E-state index contributed by atoms with van der Waals surface area (Å²) in [5.41, 5.74) is 0. The monoisotopic (exact) mass is 269 g/mol. The van der Waals surface area contributed by atoms with E-state index in [9.17, 15) is 12.8 Å². The Morgan fingerprint density at radius 1 is 1.22 bits per heavy atom. The average Bonchev–Trinajstić information content (AvgIpc) is 2.82. The van der Waals surface area contributed by atoms with Crippen molar-refractivity contribution in [3.05, 3.63) is 54.2 Å².